The van der Waals surface area contributed by atoms with Gasteiger partial charge in [-0.25, -0.2) is 9.37 Å². The first-order valence-electron chi connectivity index (χ1n) is 6.16. The fraction of sp³-hybridized carbons (Fsp3) is 0.455. The van der Waals surface area contributed by atoms with Gasteiger partial charge in [0.15, 0.2) is 12.4 Å². The minimum absolute atomic E-state index is 0.00283. The van der Waals surface area contributed by atoms with E-state index >= 15 is 0 Å². The lowest BCUT2D eigenvalue weighted by atomic mass is 10.1. The van der Waals surface area contributed by atoms with Crippen molar-refractivity contribution in [2.75, 3.05) is 12.3 Å². The van der Waals surface area contributed by atoms with Gasteiger partial charge in [0.2, 0.25) is 5.95 Å². The number of nitrogens with zero attached hydrogens (tertiary/aromatic N) is 3. The molecular weight excluding hydrogens is 301 g/mol. The Hall–Kier alpha value is -1.46. The predicted octanol–water partition coefficient (Wildman–Crippen LogP) is -0.432. The molecule has 0 aliphatic carbocycles. The highest BCUT2D eigenvalue weighted by atomic mass is 32.2. The Bertz CT molecular complexity index is 669. The van der Waals surface area contributed by atoms with Gasteiger partial charge in [-0.15, -0.1) is 0 Å². The van der Waals surface area contributed by atoms with Gasteiger partial charge in [-0.05, 0) is 18.0 Å². The lowest BCUT2D eigenvalue weighted by Gasteiger charge is -2.16. The number of fused-ring (bicyclic) bond motifs is 1. The molecule has 0 radical (unpaired) electrons. The van der Waals surface area contributed by atoms with Crippen LogP contribution in [0.3, 0.4) is 0 Å². The third kappa shape index (κ3) is 2.24. The highest BCUT2D eigenvalue weighted by Crippen LogP contribution is 2.35. The Morgan fingerprint density at radius 3 is 2.86 bits per heavy atom. The Kier molecular flexibility index (Phi) is 3.71. The molecule has 1 aliphatic rings. The highest BCUT2D eigenvalue weighted by molar-refractivity contribution is 7.97. The minimum atomic E-state index is -1.69. The molecule has 2 aromatic rings. The van der Waals surface area contributed by atoms with Gasteiger partial charge in [0.1, 0.15) is 22.9 Å². The zero-order chi connectivity index (χ0) is 15.1. The van der Waals surface area contributed by atoms with Crippen LogP contribution in [0.1, 0.15) is 6.23 Å². The van der Waals surface area contributed by atoms with Crippen LogP contribution in [-0.2, 0) is 4.74 Å². The number of hydrogen-bond acceptors (Lipinski definition) is 8. The van der Waals surface area contributed by atoms with Crippen molar-refractivity contribution in [3.63, 3.8) is 0 Å². The zero-order valence-corrected chi connectivity index (χ0v) is 11.6. The summed E-state index contributed by atoms with van der Waals surface area (Å²) in [6.07, 6.45) is -3.62. The van der Waals surface area contributed by atoms with E-state index in [1.54, 1.807) is 12.3 Å². The SMILES string of the molecule is NSc1nc(N)nc2c1ccn2C1OC(CO)C(O)C1F. The number of anilines is 1. The second-order valence-corrected chi connectivity index (χ2v) is 5.27. The summed E-state index contributed by atoms with van der Waals surface area (Å²) in [6, 6.07) is 1.67. The average molecular weight is 315 g/mol. The lowest BCUT2D eigenvalue weighted by molar-refractivity contribution is -0.0457. The summed E-state index contributed by atoms with van der Waals surface area (Å²) < 4.78 is 20.9. The number of ether oxygens (including phenoxy) is 1. The fourth-order valence-corrected chi connectivity index (χ4v) is 2.83. The van der Waals surface area contributed by atoms with Gasteiger partial charge >= 0.3 is 0 Å². The van der Waals surface area contributed by atoms with Crippen LogP contribution in [0.15, 0.2) is 17.3 Å². The molecular formula is C11H14FN5O3S. The number of halogens is 1. The number of aromatic nitrogens is 3. The minimum Gasteiger partial charge on any atom is -0.394 e. The van der Waals surface area contributed by atoms with Crippen molar-refractivity contribution in [2.24, 2.45) is 5.14 Å². The number of hydrogen-bond donors (Lipinski definition) is 4. The largest absolute Gasteiger partial charge is 0.394 e. The molecule has 3 heterocycles. The van der Waals surface area contributed by atoms with Gasteiger partial charge in [-0.2, -0.15) is 4.98 Å². The van der Waals surface area contributed by atoms with E-state index in [1.165, 1.54) is 4.57 Å². The topological polar surface area (TPSA) is 132 Å². The standard InChI is InChI=1S/C11H14FN5O3S/c12-6-7(19)5(3-18)20-10(6)17-2-1-4-8(17)15-11(13)16-9(4)21-14/h1-2,5-7,10,18-19H,3,14H2,(H2,13,15,16). The molecule has 1 fully saturated rings. The molecule has 6 N–H and O–H groups in total. The average Bonchev–Trinajstić information content (AvgIpc) is 3.01. The summed E-state index contributed by atoms with van der Waals surface area (Å²) in [7, 11) is 0. The number of nitrogen functional groups attached to an aromatic ring is 1. The molecule has 21 heavy (non-hydrogen) atoms. The first kappa shape index (κ1) is 14.5. The summed E-state index contributed by atoms with van der Waals surface area (Å²) in [4.78, 5) is 8.06. The molecule has 4 unspecified atom stereocenters. The summed E-state index contributed by atoms with van der Waals surface area (Å²) in [5.74, 6) is 0.00283. The maximum Gasteiger partial charge on any atom is 0.223 e. The van der Waals surface area contributed by atoms with Crippen molar-refractivity contribution in [1.29, 1.82) is 0 Å². The van der Waals surface area contributed by atoms with E-state index in [-0.39, 0.29) is 5.95 Å². The fourth-order valence-electron chi connectivity index (χ4n) is 2.40. The van der Waals surface area contributed by atoms with Gasteiger partial charge in [0.05, 0.1) is 12.0 Å². The molecule has 114 valence electrons. The zero-order valence-electron chi connectivity index (χ0n) is 10.8. The summed E-state index contributed by atoms with van der Waals surface area (Å²) in [6.45, 7) is -0.474. The van der Waals surface area contributed by atoms with E-state index in [4.69, 9.17) is 20.7 Å². The van der Waals surface area contributed by atoms with Crippen LogP contribution in [0.4, 0.5) is 10.3 Å². The molecule has 10 heteroatoms. The van der Waals surface area contributed by atoms with Crippen molar-refractivity contribution in [3.8, 4) is 0 Å². The number of aliphatic hydroxyl groups excluding tert-OH is 2. The van der Waals surface area contributed by atoms with Crippen LogP contribution < -0.4 is 10.9 Å². The van der Waals surface area contributed by atoms with E-state index < -0.39 is 31.2 Å². The van der Waals surface area contributed by atoms with Crippen LogP contribution in [-0.4, -0.2) is 49.7 Å². The van der Waals surface area contributed by atoms with E-state index in [0.29, 0.717) is 16.1 Å². The van der Waals surface area contributed by atoms with Gasteiger partial charge in [-0.3, -0.25) is 5.14 Å². The summed E-state index contributed by atoms with van der Waals surface area (Å²) >= 11 is 0.906. The van der Waals surface area contributed by atoms with E-state index in [1.807, 2.05) is 0 Å². The molecule has 4 atom stereocenters. The van der Waals surface area contributed by atoms with Crippen molar-refractivity contribution < 1.29 is 19.3 Å². The van der Waals surface area contributed by atoms with Gasteiger partial charge in [-0.1, -0.05) is 0 Å². The molecule has 1 aliphatic heterocycles. The second-order valence-electron chi connectivity index (χ2n) is 4.65. The summed E-state index contributed by atoms with van der Waals surface area (Å²) in [5.41, 5.74) is 5.97. The van der Waals surface area contributed by atoms with Crippen molar-refractivity contribution >= 4 is 28.9 Å². The van der Waals surface area contributed by atoms with Crippen LogP contribution in [0.2, 0.25) is 0 Å². The van der Waals surface area contributed by atoms with Crippen LogP contribution in [0, 0.1) is 0 Å². The molecule has 0 saturated carbocycles. The highest BCUT2D eigenvalue weighted by Gasteiger charge is 2.45. The maximum atomic E-state index is 14.2. The summed E-state index contributed by atoms with van der Waals surface area (Å²) in [5, 5.41) is 25.4. The third-order valence-corrected chi connectivity index (χ3v) is 3.95. The Morgan fingerprint density at radius 1 is 1.48 bits per heavy atom. The lowest BCUT2D eigenvalue weighted by Crippen LogP contribution is -2.30. The van der Waals surface area contributed by atoms with Crippen molar-refractivity contribution in [2.45, 2.75) is 29.6 Å². The smallest absolute Gasteiger partial charge is 0.223 e. The quantitative estimate of drug-likeness (QED) is 0.443. The second kappa shape index (κ2) is 5.39. The molecule has 2 aromatic heterocycles. The monoisotopic (exact) mass is 315 g/mol. The van der Waals surface area contributed by atoms with Gasteiger partial charge < -0.3 is 25.3 Å². The molecule has 0 spiro atoms. The molecule has 8 nitrogen and oxygen atoms in total. The van der Waals surface area contributed by atoms with Crippen molar-refractivity contribution in [3.05, 3.63) is 12.3 Å². The van der Waals surface area contributed by atoms with Crippen LogP contribution in [0.25, 0.3) is 11.0 Å². The molecule has 0 aromatic carbocycles. The normalized spacial score (nSPS) is 29.3. The first-order chi connectivity index (χ1) is 10.1. The maximum absolute atomic E-state index is 14.2. The molecule has 1 saturated heterocycles. The van der Waals surface area contributed by atoms with E-state index in [2.05, 4.69) is 9.97 Å². The third-order valence-electron chi connectivity index (χ3n) is 3.41. The number of rotatable bonds is 3. The van der Waals surface area contributed by atoms with Gasteiger partial charge in [0, 0.05) is 6.20 Å². The van der Waals surface area contributed by atoms with Crippen LogP contribution in [0.5, 0.6) is 0 Å². The molecule has 0 bridgehead atoms. The number of alkyl halides is 1. The Morgan fingerprint density at radius 2 is 2.24 bits per heavy atom. The Labute approximate surface area is 123 Å². The van der Waals surface area contributed by atoms with Crippen LogP contribution >= 0.6 is 11.9 Å². The van der Waals surface area contributed by atoms with E-state index in [9.17, 15) is 9.50 Å². The van der Waals surface area contributed by atoms with Crippen molar-refractivity contribution in [1.82, 2.24) is 14.5 Å². The number of aliphatic hydroxyl groups is 2. The Balaban J connectivity index is 2.07. The van der Waals surface area contributed by atoms with Gasteiger partial charge in [0.25, 0.3) is 0 Å². The first-order valence-corrected chi connectivity index (χ1v) is 7.04. The molecule has 0 amide bonds. The molecule has 3 rings (SSSR count). The van der Waals surface area contributed by atoms with E-state index in [0.717, 1.165) is 11.9 Å². The number of nitrogens with two attached hydrogens (primary N) is 2. The predicted molar refractivity (Wildman–Crippen MR) is 73.9 cm³/mol.